The molecule has 0 aromatic carbocycles. The van der Waals surface area contributed by atoms with Gasteiger partial charge in [-0.2, -0.15) is 0 Å². The van der Waals surface area contributed by atoms with E-state index in [0.29, 0.717) is 0 Å². The van der Waals surface area contributed by atoms with Crippen LogP contribution in [0, 0.1) is 6.54 Å². The summed E-state index contributed by atoms with van der Waals surface area (Å²) in [6.45, 7) is 7.67. The molecule has 0 aromatic heterocycles. The fraction of sp³-hybridized carbons (Fsp3) is 0.875. The van der Waals surface area contributed by atoms with Gasteiger partial charge >= 0.3 is 0 Å². The highest BCUT2D eigenvalue weighted by atomic mass is 15.2. The molecule has 3 nitrogen and oxygen atoms in total. The van der Waals surface area contributed by atoms with E-state index in [1.165, 1.54) is 26.2 Å². The predicted octanol–water partition coefficient (Wildman–Crippen LogP) is -0.256. The van der Waals surface area contributed by atoms with Crippen molar-refractivity contribution >= 4 is 0 Å². The molecule has 1 aliphatic heterocycles. The summed E-state index contributed by atoms with van der Waals surface area (Å²) >= 11 is 0. The Morgan fingerprint density at radius 3 is 2.45 bits per heavy atom. The molecule has 11 heavy (non-hydrogen) atoms. The molecule has 0 unspecified atom stereocenters. The first-order chi connectivity index (χ1) is 5.33. The summed E-state index contributed by atoms with van der Waals surface area (Å²) in [5, 5.41) is 0. The maximum atomic E-state index is 5.31. The molecule has 1 fully saturated rings. The highest BCUT2D eigenvalue weighted by molar-refractivity contribution is 4.70. The van der Waals surface area contributed by atoms with E-state index >= 15 is 0 Å². The molecule has 0 saturated carbocycles. The second kappa shape index (κ2) is 4.70. The molecular formula is C8H18N3. The SMILES string of the molecule is CN1CCN(CC[CH]N)CC1. The lowest BCUT2D eigenvalue weighted by atomic mass is 10.3. The highest BCUT2D eigenvalue weighted by Crippen LogP contribution is 1.99. The van der Waals surface area contributed by atoms with Gasteiger partial charge in [0.15, 0.2) is 0 Å². The lowest BCUT2D eigenvalue weighted by molar-refractivity contribution is 0.155. The first kappa shape index (κ1) is 8.97. The van der Waals surface area contributed by atoms with Gasteiger partial charge < -0.3 is 15.5 Å². The van der Waals surface area contributed by atoms with Gasteiger partial charge in [0.1, 0.15) is 0 Å². The second-order valence-electron chi connectivity index (χ2n) is 3.17. The average Bonchev–Trinajstić information content (AvgIpc) is 2.04. The maximum absolute atomic E-state index is 5.31. The van der Waals surface area contributed by atoms with Crippen molar-refractivity contribution in [2.24, 2.45) is 5.73 Å². The molecular weight excluding hydrogens is 138 g/mol. The largest absolute Gasteiger partial charge is 0.326 e. The van der Waals surface area contributed by atoms with Crippen molar-refractivity contribution in [3.8, 4) is 0 Å². The molecule has 1 radical (unpaired) electrons. The Hall–Kier alpha value is -0.120. The minimum Gasteiger partial charge on any atom is -0.326 e. The smallest absolute Gasteiger partial charge is 0.0205 e. The molecule has 1 rings (SSSR count). The summed E-state index contributed by atoms with van der Waals surface area (Å²) in [5.41, 5.74) is 5.31. The first-order valence-electron chi connectivity index (χ1n) is 4.27. The third-order valence-corrected chi connectivity index (χ3v) is 2.21. The standard InChI is InChI=1S/C8H18N3/c1-10-5-7-11(8-6-10)4-2-3-9/h3H,2,4-9H2,1H3. The van der Waals surface area contributed by atoms with Crippen LogP contribution in [-0.4, -0.2) is 49.6 Å². The number of piperazine rings is 1. The molecule has 1 aliphatic rings. The van der Waals surface area contributed by atoms with Crippen LogP contribution < -0.4 is 5.73 Å². The monoisotopic (exact) mass is 156 g/mol. The van der Waals surface area contributed by atoms with Crippen molar-refractivity contribution in [2.45, 2.75) is 6.42 Å². The minimum atomic E-state index is 1.02. The summed E-state index contributed by atoms with van der Waals surface area (Å²) in [5.74, 6) is 0. The summed E-state index contributed by atoms with van der Waals surface area (Å²) in [6, 6.07) is 0. The van der Waals surface area contributed by atoms with E-state index in [4.69, 9.17) is 5.73 Å². The van der Waals surface area contributed by atoms with Crippen LogP contribution in [0.5, 0.6) is 0 Å². The number of nitrogens with zero attached hydrogens (tertiary/aromatic N) is 2. The van der Waals surface area contributed by atoms with Crippen LogP contribution >= 0.6 is 0 Å². The number of rotatable bonds is 3. The van der Waals surface area contributed by atoms with Crippen molar-refractivity contribution in [2.75, 3.05) is 39.8 Å². The Labute approximate surface area is 69.1 Å². The number of likely N-dealkylation sites (N-methyl/N-ethyl adjacent to an activating group) is 1. The Morgan fingerprint density at radius 2 is 1.91 bits per heavy atom. The third-order valence-electron chi connectivity index (χ3n) is 2.21. The topological polar surface area (TPSA) is 32.5 Å². The van der Waals surface area contributed by atoms with Gasteiger partial charge in [-0.05, 0) is 20.0 Å². The van der Waals surface area contributed by atoms with E-state index in [9.17, 15) is 0 Å². The van der Waals surface area contributed by atoms with Gasteiger partial charge in [-0.1, -0.05) is 0 Å². The third kappa shape index (κ3) is 3.18. The van der Waals surface area contributed by atoms with Gasteiger partial charge in [-0.25, -0.2) is 0 Å². The predicted molar refractivity (Wildman–Crippen MR) is 47.0 cm³/mol. The van der Waals surface area contributed by atoms with Crippen LogP contribution in [0.3, 0.4) is 0 Å². The molecule has 65 valence electrons. The zero-order valence-corrected chi connectivity index (χ0v) is 7.29. The van der Waals surface area contributed by atoms with Crippen LogP contribution in [0.25, 0.3) is 0 Å². The molecule has 0 aliphatic carbocycles. The highest BCUT2D eigenvalue weighted by Gasteiger charge is 2.11. The lowest BCUT2D eigenvalue weighted by Crippen LogP contribution is -2.44. The van der Waals surface area contributed by atoms with Crippen molar-refractivity contribution in [1.82, 2.24) is 9.80 Å². The molecule has 0 aromatic rings. The number of hydrogen-bond donors (Lipinski definition) is 1. The quantitative estimate of drug-likeness (QED) is 0.611. The molecule has 0 amide bonds. The first-order valence-corrected chi connectivity index (χ1v) is 4.27. The minimum absolute atomic E-state index is 1.02. The van der Waals surface area contributed by atoms with Crippen LogP contribution in [0.2, 0.25) is 0 Å². The van der Waals surface area contributed by atoms with Crippen LogP contribution in [0.1, 0.15) is 6.42 Å². The van der Waals surface area contributed by atoms with Crippen molar-refractivity contribution in [1.29, 1.82) is 0 Å². The van der Waals surface area contributed by atoms with Gasteiger partial charge in [0, 0.05) is 32.7 Å². The number of nitrogens with two attached hydrogens (primary N) is 1. The van der Waals surface area contributed by atoms with E-state index < -0.39 is 0 Å². The van der Waals surface area contributed by atoms with Crippen molar-refractivity contribution in [3.63, 3.8) is 0 Å². The van der Waals surface area contributed by atoms with Gasteiger partial charge in [0.2, 0.25) is 0 Å². The van der Waals surface area contributed by atoms with Gasteiger partial charge in [0.05, 0.1) is 0 Å². The Kier molecular flexibility index (Phi) is 3.83. The van der Waals surface area contributed by atoms with E-state index in [-0.39, 0.29) is 0 Å². The summed E-state index contributed by atoms with van der Waals surface area (Å²) in [7, 11) is 2.17. The van der Waals surface area contributed by atoms with Crippen molar-refractivity contribution in [3.05, 3.63) is 6.54 Å². The van der Waals surface area contributed by atoms with Crippen LogP contribution in [0.15, 0.2) is 0 Å². The molecule has 3 heteroatoms. The fourth-order valence-electron chi connectivity index (χ4n) is 1.33. The molecule has 0 atom stereocenters. The van der Waals surface area contributed by atoms with E-state index in [1.807, 2.05) is 0 Å². The molecule has 2 N–H and O–H groups in total. The van der Waals surface area contributed by atoms with Gasteiger partial charge in [0.25, 0.3) is 0 Å². The van der Waals surface area contributed by atoms with E-state index in [1.54, 1.807) is 6.54 Å². The second-order valence-corrected chi connectivity index (χ2v) is 3.17. The summed E-state index contributed by atoms with van der Waals surface area (Å²) < 4.78 is 0. The average molecular weight is 156 g/mol. The Bertz CT molecular complexity index is 94.8. The van der Waals surface area contributed by atoms with E-state index in [2.05, 4.69) is 16.8 Å². The zero-order valence-electron chi connectivity index (χ0n) is 7.29. The Morgan fingerprint density at radius 1 is 1.27 bits per heavy atom. The Balaban J connectivity index is 2.07. The van der Waals surface area contributed by atoms with Gasteiger partial charge in [-0.15, -0.1) is 0 Å². The maximum Gasteiger partial charge on any atom is 0.0205 e. The fourth-order valence-corrected chi connectivity index (χ4v) is 1.33. The molecule has 0 bridgehead atoms. The molecule has 0 spiro atoms. The zero-order chi connectivity index (χ0) is 8.10. The van der Waals surface area contributed by atoms with Crippen molar-refractivity contribution < 1.29 is 0 Å². The molecule has 1 saturated heterocycles. The molecule has 1 heterocycles. The summed E-state index contributed by atoms with van der Waals surface area (Å²) in [6.07, 6.45) is 1.02. The van der Waals surface area contributed by atoms with Crippen LogP contribution in [0.4, 0.5) is 0 Å². The van der Waals surface area contributed by atoms with Gasteiger partial charge in [-0.3, -0.25) is 0 Å². The number of hydrogen-bond acceptors (Lipinski definition) is 3. The summed E-state index contributed by atoms with van der Waals surface area (Å²) in [4.78, 5) is 4.83. The lowest BCUT2D eigenvalue weighted by Gasteiger charge is -2.32. The van der Waals surface area contributed by atoms with E-state index in [0.717, 1.165) is 13.0 Å². The normalized spacial score (nSPS) is 22.4. The van der Waals surface area contributed by atoms with Crippen LogP contribution in [-0.2, 0) is 0 Å².